The molecule has 1 heterocycles. The Balaban J connectivity index is 0.000000810. The monoisotopic (exact) mass is 165 g/mol. The van der Waals surface area contributed by atoms with Gasteiger partial charge in [0.1, 0.15) is 0 Å². The van der Waals surface area contributed by atoms with Gasteiger partial charge in [0.2, 0.25) is 0 Å². The molecule has 1 saturated heterocycles. The molecular weight excluding hydrogens is 150 g/mol. The Kier molecular flexibility index (Phi) is 6.08. The number of aliphatic hydroxyl groups is 1. The van der Waals surface area contributed by atoms with Crippen LogP contribution >= 0.6 is 12.4 Å². The van der Waals surface area contributed by atoms with Crippen molar-refractivity contribution in [2.75, 3.05) is 19.7 Å². The third-order valence-corrected chi connectivity index (χ3v) is 1.94. The second-order valence-corrected chi connectivity index (χ2v) is 2.72. The summed E-state index contributed by atoms with van der Waals surface area (Å²) in [5, 5.41) is 11.9. The number of aliphatic hydroxyl groups excluding tert-OH is 1. The Morgan fingerprint density at radius 3 is 2.80 bits per heavy atom. The molecule has 0 unspecified atom stereocenters. The molecule has 1 atom stereocenters. The Bertz CT molecular complexity index is 71.3. The first-order valence-corrected chi connectivity index (χ1v) is 3.75. The van der Waals surface area contributed by atoms with Crippen molar-refractivity contribution in [3.63, 3.8) is 0 Å². The zero-order valence-corrected chi connectivity index (χ0v) is 6.99. The second kappa shape index (κ2) is 5.96. The molecule has 1 fully saturated rings. The molecule has 10 heavy (non-hydrogen) atoms. The maximum absolute atomic E-state index is 8.59. The summed E-state index contributed by atoms with van der Waals surface area (Å²) in [5.74, 6) is 0.740. The lowest BCUT2D eigenvalue weighted by Crippen LogP contribution is -2.30. The lowest BCUT2D eigenvalue weighted by Gasteiger charge is -2.21. The number of hydrogen-bond donors (Lipinski definition) is 2. The van der Waals surface area contributed by atoms with E-state index >= 15 is 0 Å². The SMILES string of the molecule is Cl.OCC[C@@H]1CCCNC1. The molecule has 0 aromatic heterocycles. The first-order valence-electron chi connectivity index (χ1n) is 3.75. The summed E-state index contributed by atoms with van der Waals surface area (Å²) in [6, 6.07) is 0. The fourth-order valence-corrected chi connectivity index (χ4v) is 1.35. The van der Waals surface area contributed by atoms with Crippen LogP contribution in [0.5, 0.6) is 0 Å². The molecule has 0 bridgehead atoms. The van der Waals surface area contributed by atoms with Crippen molar-refractivity contribution in [2.24, 2.45) is 5.92 Å². The highest BCUT2D eigenvalue weighted by Crippen LogP contribution is 2.12. The molecule has 1 aliphatic heterocycles. The average Bonchev–Trinajstić information content (AvgIpc) is 1.91. The number of hydrogen-bond acceptors (Lipinski definition) is 2. The highest BCUT2D eigenvalue weighted by atomic mass is 35.5. The average molecular weight is 166 g/mol. The van der Waals surface area contributed by atoms with Gasteiger partial charge in [0.25, 0.3) is 0 Å². The van der Waals surface area contributed by atoms with Crippen molar-refractivity contribution in [3.05, 3.63) is 0 Å². The summed E-state index contributed by atoms with van der Waals surface area (Å²) in [7, 11) is 0. The van der Waals surface area contributed by atoms with Crippen LogP contribution in [0, 0.1) is 5.92 Å². The van der Waals surface area contributed by atoms with Crippen LogP contribution in [0.3, 0.4) is 0 Å². The maximum Gasteiger partial charge on any atom is 0.0434 e. The first-order chi connectivity index (χ1) is 4.43. The number of nitrogens with one attached hydrogen (secondary N) is 1. The van der Waals surface area contributed by atoms with Crippen LogP contribution in [0.15, 0.2) is 0 Å². The molecule has 1 aliphatic rings. The van der Waals surface area contributed by atoms with Crippen molar-refractivity contribution < 1.29 is 5.11 Å². The van der Waals surface area contributed by atoms with Crippen LogP contribution in [-0.4, -0.2) is 24.8 Å². The smallest absolute Gasteiger partial charge is 0.0434 e. The summed E-state index contributed by atoms with van der Waals surface area (Å²) in [5.41, 5.74) is 0. The van der Waals surface area contributed by atoms with Crippen LogP contribution in [0.2, 0.25) is 0 Å². The molecule has 2 nitrogen and oxygen atoms in total. The molecule has 0 amide bonds. The third kappa shape index (κ3) is 3.40. The zero-order chi connectivity index (χ0) is 6.53. The van der Waals surface area contributed by atoms with E-state index in [-0.39, 0.29) is 12.4 Å². The molecule has 0 aromatic carbocycles. The summed E-state index contributed by atoms with van der Waals surface area (Å²) >= 11 is 0. The molecule has 62 valence electrons. The normalized spacial score (nSPS) is 25.5. The Hall–Kier alpha value is 0.210. The van der Waals surface area contributed by atoms with E-state index in [0.29, 0.717) is 6.61 Å². The number of rotatable bonds is 2. The predicted molar refractivity (Wildman–Crippen MR) is 44.5 cm³/mol. The molecule has 1 rings (SSSR count). The third-order valence-electron chi connectivity index (χ3n) is 1.94. The van der Waals surface area contributed by atoms with Crippen molar-refractivity contribution in [1.29, 1.82) is 0 Å². The van der Waals surface area contributed by atoms with E-state index in [0.717, 1.165) is 18.9 Å². The lowest BCUT2D eigenvalue weighted by molar-refractivity contribution is 0.237. The van der Waals surface area contributed by atoms with Gasteiger partial charge >= 0.3 is 0 Å². The molecule has 0 spiro atoms. The molecule has 0 saturated carbocycles. The van der Waals surface area contributed by atoms with Crippen LogP contribution in [-0.2, 0) is 0 Å². The van der Waals surface area contributed by atoms with Gasteiger partial charge in [-0.15, -0.1) is 12.4 Å². The van der Waals surface area contributed by atoms with Gasteiger partial charge < -0.3 is 10.4 Å². The van der Waals surface area contributed by atoms with E-state index in [9.17, 15) is 0 Å². The minimum atomic E-state index is 0. The van der Waals surface area contributed by atoms with Gasteiger partial charge in [-0.05, 0) is 38.3 Å². The fraction of sp³-hybridized carbons (Fsp3) is 1.00. The van der Waals surface area contributed by atoms with E-state index < -0.39 is 0 Å². The quantitative estimate of drug-likeness (QED) is 0.634. The van der Waals surface area contributed by atoms with Crippen LogP contribution in [0.4, 0.5) is 0 Å². The Morgan fingerprint density at radius 1 is 1.50 bits per heavy atom. The summed E-state index contributed by atoms with van der Waals surface area (Å²) < 4.78 is 0. The van der Waals surface area contributed by atoms with Crippen molar-refractivity contribution in [3.8, 4) is 0 Å². The van der Waals surface area contributed by atoms with Gasteiger partial charge in [0.15, 0.2) is 0 Å². The zero-order valence-electron chi connectivity index (χ0n) is 6.18. The van der Waals surface area contributed by atoms with Gasteiger partial charge in [-0.2, -0.15) is 0 Å². The van der Waals surface area contributed by atoms with Gasteiger partial charge in [0, 0.05) is 6.61 Å². The van der Waals surface area contributed by atoms with Crippen LogP contribution in [0.1, 0.15) is 19.3 Å². The van der Waals surface area contributed by atoms with Crippen molar-refractivity contribution in [1.82, 2.24) is 5.32 Å². The molecule has 0 radical (unpaired) electrons. The molecular formula is C7H16ClNO. The van der Waals surface area contributed by atoms with Gasteiger partial charge in [-0.1, -0.05) is 0 Å². The molecule has 0 aliphatic carbocycles. The van der Waals surface area contributed by atoms with E-state index in [1.807, 2.05) is 0 Å². The fourth-order valence-electron chi connectivity index (χ4n) is 1.35. The topological polar surface area (TPSA) is 32.3 Å². The highest BCUT2D eigenvalue weighted by molar-refractivity contribution is 5.85. The highest BCUT2D eigenvalue weighted by Gasteiger charge is 2.10. The van der Waals surface area contributed by atoms with Gasteiger partial charge in [-0.3, -0.25) is 0 Å². The lowest BCUT2D eigenvalue weighted by atomic mass is 9.97. The van der Waals surface area contributed by atoms with E-state index in [2.05, 4.69) is 5.32 Å². The van der Waals surface area contributed by atoms with Crippen molar-refractivity contribution in [2.45, 2.75) is 19.3 Å². The second-order valence-electron chi connectivity index (χ2n) is 2.72. The van der Waals surface area contributed by atoms with Gasteiger partial charge in [-0.25, -0.2) is 0 Å². The van der Waals surface area contributed by atoms with E-state index in [1.54, 1.807) is 0 Å². The largest absolute Gasteiger partial charge is 0.396 e. The molecule has 3 heteroatoms. The summed E-state index contributed by atoms with van der Waals surface area (Å²) in [6.45, 7) is 2.63. The van der Waals surface area contributed by atoms with Gasteiger partial charge in [0.05, 0.1) is 0 Å². The van der Waals surface area contributed by atoms with Crippen LogP contribution < -0.4 is 5.32 Å². The number of halogens is 1. The Morgan fingerprint density at radius 2 is 2.30 bits per heavy atom. The minimum Gasteiger partial charge on any atom is -0.396 e. The minimum absolute atomic E-state index is 0. The summed E-state index contributed by atoms with van der Waals surface area (Å²) in [4.78, 5) is 0. The standard InChI is InChI=1S/C7H15NO.ClH/c9-5-3-7-2-1-4-8-6-7;/h7-9H,1-6H2;1H/t7-;/m0./s1. The van der Waals surface area contributed by atoms with Crippen molar-refractivity contribution >= 4 is 12.4 Å². The summed E-state index contributed by atoms with van der Waals surface area (Å²) in [6.07, 6.45) is 3.56. The Labute approximate surface area is 68.4 Å². The van der Waals surface area contributed by atoms with Crippen LogP contribution in [0.25, 0.3) is 0 Å². The predicted octanol–water partition coefficient (Wildman–Crippen LogP) is 0.790. The maximum atomic E-state index is 8.59. The molecule has 2 N–H and O–H groups in total. The van der Waals surface area contributed by atoms with E-state index in [4.69, 9.17) is 5.11 Å². The van der Waals surface area contributed by atoms with E-state index in [1.165, 1.54) is 19.4 Å². The number of piperidine rings is 1. The first kappa shape index (κ1) is 10.2. The molecule has 0 aromatic rings.